The summed E-state index contributed by atoms with van der Waals surface area (Å²) in [5, 5.41) is 0.687. The lowest BCUT2D eigenvalue weighted by molar-refractivity contribution is -0.123. The maximum atomic E-state index is 12.3. The topological polar surface area (TPSA) is 46.6 Å². The molecular formula is C17H22ClNO3. The molecule has 0 aromatic heterocycles. The number of carbonyl (C=O) groups excluding carboxylic acids is 2. The number of rotatable bonds is 2. The highest BCUT2D eigenvalue weighted by Crippen LogP contribution is 2.22. The summed E-state index contributed by atoms with van der Waals surface area (Å²) >= 11 is 5.90. The number of benzene rings is 1. The van der Waals surface area contributed by atoms with Crippen molar-refractivity contribution in [2.24, 2.45) is 0 Å². The van der Waals surface area contributed by atoms with Gasteiger partial charge in [-0.05, 0) is 51.3 Å². The van der Waals surface area contributed by atoms with E-state index in [4.69, 9.17) is 16.3 Å². The molecule has 22 heavy (non-hydrogen) atoms. The highest BCUT2D eigenvalue weighted by Gasteiger charge is 2.33. The Morgan fingerprint density at radius 2 is 1.95 bits per heavy atom. The average Bonchev–Trinajstić information content (AvgIpc) is 2.41. The quantitative estimate of drug-likeness (QED) is 0.830. The fraction of sp³-hybridized carbons (Fsp3) is 0.529. The zero-order chi connectivity index (χ0) is 16.3. The molecule has 0 bridgehead atoms. The minimum absolute atomic E-state index is 0.0197. The lowest BCUT2D eigenvalue weighted by Crippen LogP contribution is -2.49. The zero-order valence-corrected chi connectivity index (χ0v) is 14.0. The molecule has 1 aliphatic heterocycles. The van der Waals surface area contributed by atoms with E-state index in [1.165, 1.54) is 0 Å². The molecule has 1 saturated heterocycles. The van der Waals surface area contributed by atoms with Gasteiger partial charge < -0.3 is 4.74 Å². The Hall–Kier alpha value is -1.55. The van der Waals surface area contributed by atoms with Crippen LogP contribution in [0.4, 0.5) is 4.79 Å². The third-order valence-corrected chi connectivity index (χ3v) is 3.81. The van der Waals surface area contributed by atoms with E-state index in [2.05, 4.69) is 0 Å². The van der Waals surface area contributed by atoms with Crippen LogP contribution in [0.5, 0.6) is 0 Å². The largest absolute Gasteiger partial charge is 0.444 e. The third kappa shape index (κ3) is 4.73. The van der Waals surface area contributed by atoms with Crippen molar-refractivity contribution in [2.45, 2.75) is 51.7 Å². The second-order valence-electron chi connectivity index (χ2n) is 6.67. The first-order valence-electron chi connectivity index (χ1n) is 7.50. The van der Waals surface area contributed by atoms with Crippen molar-refractivity contribution < 1.29 is 14.3 Å². The molecule has 1 aromatic rings. The molecular weight excluding hydrogens is 302 g/mol. The van der Waals surface area contributed by atoms with Crippen molar-refractivity contribution in [3.63, 3.8) is 0 Å². The van der Waals surface area contributed by atoms with Gasteiger partial charge in [-0.2, -0.15) is 0 Å². The van der Waals surface area contributed by atoms with Gasteiger partial charge in [0.1, 0.15) is 5.60 Å². The van der Waals surface area contributed by atoms with Crippen molar-refractivity contribution in [1.29, 1.82) is 0 Å². The fourth-order valence-electron chi connectivity index (χ4n) is 2.52. The molecule has 4 nitrogen and oxygen atoms in total. The Kier molecular flexibility index (Phi) is 5.12. The van der Waals surface area contributed by atoms with Crippen LogP contribution in [0.2, 0.25) is 5.02 Å². The molecule has 2 rings (SSSR count). The zero-order valence-electron chi connectivity index (χ0n) is 13.3. The first kappa shape index (κ1) is 16.8. The van der Waals surface area contributed by atoms with E-state index < -0.39 is 11.7 Å². The number of nitrogens with zero attached hydrogens (tertiary/aromatic N) is 1. The van der Waals surface area contributed by atoms with Crippen LogP contribution in [-0.2, 0) is 16.0 Å². The minimum Gasteiger partial charge on any atom is -0.444 e. The summed E-state index contributed by atoms with van der Waals surface area (Å²) in [7, 11) is 0. The van der Waals surface area contributed by atoms with Crippen LogP contribution < -0.4 is 0 Å². The number of ketones is 1. The summed E-state index contributed by atoms with van der Waals surface area (Å²) in [6.45, 7) is 5.60. The lowest BCUT2D eigenvalue weighted by Gasteiger charge is -2.36. The molecule has 0 saturated carbocycles. The van der Waals surface area contributed by atoms with Crippen LogP contribution in [0.15, 0.2) is 24.3 Å². The van der Waals surface area contributed by atoms with Crippen LogP contribution >= 0.6 is 11.6 Å². The lowest BCUT2D eigenvalue weighted by atomic mass is 9.95. The fourth-order valence-corrected chi connectivity index (χ4v) is 2.65. The number of hydrogen-bond donors (Lipinski definition) is 0. The van der Waals surface area contributed by atoms with Gasteiger partial charge in [0, 0.05) is 17.5 Å². The third-order valence-electron chi connectivity index (χ3n) is 3.56. The van der Waals surface area contributed by atoms with Gasteiger partial charge in [-0.1, -0.05) is 23.7 Å². The van der Waals surface area contributed by atoms with Crippen LogP contribution in [-0.4, -0.2) is 35.0 Å². The molecule has 0 N–H and O–H groups in total. The summed E-state index contributed by atoms with van der Waals surface area (Å²) in [4.78, 5) is 25.6. The molecule has 1 aliphatic rings. The SMILES string of the molecule is CC(C)(C)OC(=O)N1CC(=O)CCC1Cc1ccc(Cl)cc1. The second kappa shape index (κ2) is 6.69. The Morgan fingerprint density at radius 1 is 1.32 bits per heavy atom. The van der Waals surface area contributed by atoms with E-state index >= 15 is 0 Å². The number of hydrogen-bond acceptors (Lipinski definition) is 3. The van der Waals surface area contributed by atoms with E-state index in [9.17, 15) is 9.59 Å². The second-order valence-corrected chi connectivity index (χ2v) is 7.11. The van der Waals surface area contributed by atoms with Gasteiger partial charge in [0.2, 0.25) is 0 Å². The van der Waals surface area contributed by atoms with Gasteiger partial charge in [0.15, 0.2) is 5.78 Å². The van der Waals surface area contributed by atoms with Crippen LogP contribution in [0.25, 0.3) is 0 Å². The number of amides is 1. The van der Waals surface area contributed by atoms with Gasteiger partial charge in [-0.15, -0.1) is 0 Å². The Morgan fingerprint density at radius 3 is 2.55 bits per heavy atom. The predicted octanol–water partition coefficient (Wildman–Crippen LogP) is 3.85. The number of piperidine rings is 1. The molecule has 1 fully saturated rings. The number of ether oxygens (including phenoxy) is 1. The molecule has 120 valence electrons. The maximum absolute atomic E-state index is 12.3. The maximum Gasteiger partial charge on any atom is 0.410 e. The molecule has 1 unspecified atom stereocenters. The van der Waals surface area contributed by atoms with Crippen LogP contribution in [0, 0.1) is 0 Å². The summed E-state index contributed by atoms with van der Waals surface area (Å²) in [6.07, 6.45) is 1.46. The number of likely N-dealkylation sites (tertiary alicyclic amines) is 1. The number of carbonyl (C=O) groups is 2. The Labute approximate surface area is 136 Å². The van der Waals surface area contributed by atoms with Crippen molar-refractivity contribution >= 4 is 23.5 Å². The summed E-state index contributed by atoms with van der Waals surface area (Å²) in [5.41, 5.74) is 0.528. The van der Waals surface area contributed by atoms with E-state index in [1.807, 2.05) is 45.0 Å². The van der Waals surface area contributed by atoms with Gasteiger partial charge in [-0.25, -0.2) is 4.79 Å². The van der Waals surface area contributed by atoms with E-state index in [-0.39, 0.29) is 18.4 Å². The molecule has 0 radical (unpaired) electrons. The normalized spacial score (nSPS) is 19.2. The van der Waals surface area contributed by atoms with Gasteiger partial charge in [0.25, 0.3) is 0 Å². The molecule has 1 amide bonds. The highest BCUT2D eigenvalue weighted by atomic mass is 35.5. The van der Waals surface area contributed by atoms with Crippen molar-refractivity contribution in [2.75, 3.05) is 6.54 Å². The van der Waals surface area contributed by atoms with Crippen LogP contribution in [0.3, 0.4) is 0 Å². The van der Waals surface area contributed by atoms with Crippen molar-refractivity contribution in [3.8, 4) is 0 Å². The van der Waals surface area contributed by atoms with E-state index in [0.717, 1.165) is 5.56 Å². The first-order valence-corrected chi connectivity index (χ1v) is 7.88. The molecule has 0 aliphatic carbocycles. The molecule has 5 heteroatoms. The minimum atomic E-state index is -0.567. The van der Waals surface area contributed by atoms with E-state index in [1.54, 1.807) is 4.90 Å². The van der Waals surface area contributed by atoms with Crippen molar-refractivity contribution in [3.05, 3.63) is 34.9 Å². The van der Waals surface area contributed by atoms with Crippen molar-refractivity contribution in [1.82, 2.24) is 4.90 Å². The monoisotopic (exact) mass is 323 g/mol. The molecule has 1 atom stereocenters. The van der Waals surface area contributed by atoms with Gasteiger partial charge >= 0.3 is 6.09 Å². The summed E-state index contributed by atoms with van der Waals surface area (Å²) < 4.78 is 5.43. The van der Waals surface area contributed by atoms with Gasteiger partial charge in [0.05, 0.1) is 6.54 Å². The molecule has 0 spiro atoms. The first-order chi connectivity index (χ1) is 10.2. The molecule has 1 heterocycles. The smallest absolute Gasteiger partial charge is 0.410 e. The average molecular weight is 324 g/mol. The number of Topliss-reactive ketones (excluding diaryl/α,β-unsaturated/α-hetero) is 1. The standard InChI is InChI=1S/C17H22ClNO3/c1-17(2,3)22-16(21)19-11-15(20)9-8-14(19)10-12-4-6-13(18)7-5-12/h4-7,14H,8-11H2,1-3H3. The van der Waals surface area contributed by atoms with Gasteiger partial charge in [-0.3, -0.25) is 9.69 Å². The highest BCUT2D eigenvalue weighted by molar-refractivity contribution is 6.30. The van der Waals surface area contributed by atoms with Crippen LogP contribution in [0.1, 0.15) is 39.2 Å². The Balaban J connectivity index is 2.10. The van der Waals surface area contributed by atoms with E-state index in [0.29, 0.717) is 24.3 Å². The number of halogens is 1. The summed E-state index contributed by atoms with van der Waals surface area (Å²) in [6, 6.07) is 7.55. The predicted molar refractivity (Wildman–Crippen MR) is 86.1 cm³/mol. The summed E-state index contributed by atoms with van der Waals surface area (Å²) in [5.74, 6) is 0.0817. The Bertz CT molecular complexity index is 548. The molecule has 1 aromatic carbocycles.